The Morgan fingerprint density at radius 2 is 2.22 bits per heavy atom. The summed E-state index contributed by atoms with van der Waals surface area (Å²) < 4.78 is 32.7. The van der Waals surface area contributed by atoms with Crippen LogP contribution < -0.4 is 0 Å². The first-order valence-corrected chi connectivity index (χ1v) is 8.30. The zero-order valence-corrected chi connectivity index (χ0v) is 12.7. The number of halogens is 1. The molecule has 0 aromatic heterocycles. The molecule has 0 bridgehead atoms. The lowest BCUT2D eigenvalue weighted by atomic mass is 10.0. The fourth-order valence-electron chi connectivity index (χ4n) is 2.01. The maximum Gasteiger partial charge on any atom is 0.281 e. The van der Waals surface area contributed by atoms with Crippen LogP contribution in [0.15, 0.2) is 0 Å². The van der Waals surface area contributed by atoms with Crippen LogP contribution in [0.3, 0.4) is 0 Å². The second-order valence-electron chi connectivity index (χ2n) is 4.55. The molecule has 0 radical (unpaired) electrons. The fraction of sp³-hybridized carbons (Fsp3) is 1.00. The average Bonchev–Trinajstić information content (AvgIpc) is 2.39. The molecule has 7 heteroatoms. The molecule has 0 amide bonds. The molecule has 1 fully saturated rings. The lowest BCUT2D eigenvalue weighted by Crippen LogP contribution is -2.47. The average molecular weight is 299 g/mol. The maximum atomic E-state index is 12.3. The SMILES string of the molecule is CCOCCN(C)S(=O)(=O)N1CCCC(CCl)C1. The van der Waals surface area contributed by atoms with Gasteiger partial charge in [0.2, 0.25) is 0 Å². The van der Waals surface area contributed by atoms with E-state index < -0.39 is 10.2 Å². The molecule has 108 valence electrons. The predicted molar refractivity (Wildman–Crippen MR) is 73.1 cm³/mol. The summed E-state index contributed by atoms with van der Waals surface area (Å²) in [5.74, 6) is 0.796. The van der Waals surface area contributed by atoms with Crippen molar-refractivity contribution in [2.75, 3.05) is 45.8 Å². The normalized spacial score (nSPS) is 22.6. The molecule has 5 nitrogen and oxygen atoms in total. The highest BCUT2D eigenvalue weighted by molar-refractivity contribution is 7.86. The van der Waals surface area contributed by atoms with Crippen LogP contribution in [0.25, 0.3) is 0 Å². The molecule has 0 aromatic carbocycles. The van der Waals surface area contributed by atoms with Crippen molar-refractivity contribution in [3.05, 3.63) is 0 Å². The van der Waals surface area contributed by atoms with Gasteiger partial charge in [0.1, 0.15) is 0 Å². The summed E-state index contributed by atoms with van der Waals surface area (Å²) in [7, 11) is -1.76. The van der Waals surface area contributed by atoms with Gasteiger partial charge in [0.25, 0.3) is 10.2 Å². The number of nitrogens with zero attached hydrogens (tertiary/aromatic N) is 2. The highest BCUT2D eigenvalue weighted by Gasteiger charge is 2.31. The van der Waals surface area contributed by atoms with Crippen molar-refractivity contribution in [1.29, 1.82) is 0 Å². The van der Waals surface area contributed by atoms with E-state index in [0.29, 0.717) is 38.7 Å². The molecule has 0 spiro atoms. The van der Waals surface area contributed by atoms with Gasteiger partial charge in [-0.05, 0) is 25.7 Å². The molecule has 1 atom stereocenters. The van der Waals surface area contributed by atoms with Gasteiger partial charge in [-0.1, -0.05) is 0 Å². The van der Waals surface area contributed by atoms with Crippen molar-refractivity contribution in [2.45, 2.75) is 19.8 Å². The third kappa shape index (κ3) is 4.35. The van der Waals surface area contributed by atoms with Gasteiger partial charge < -0.3 is 4.74 Å². The number of likely N-dealkylation sites (N-methyl/N-ethyl adjacent to an activating group) is 1. The maximum absolute atomic E-state index is 12.3. The number of hydrogen-bond donors (Lipinski definition) is 0. The Morgan fingerprint density at radius 1 is 1.50 bits per heavy atom. The van der Waals surface area contributed by atoms with Gasteiger partial charge in [-0.15, -0.1) is 11.6 Å². The Bertz CT molecular complexity index is 337. The Labute approximate surface area is 115 Å². The number of piperidine rings is 1. The summed E-state index contributed by atoms with van der Waals surface area (Å²) in [6.07, 6.45) is 1.90. The van der Waals surface area contributed by atoms with Gasteiger partial charge in [0.05, 0.1) is 6.61 Å². The van der Waals surface area contributed by atoms with E-state index in [4.69, 9.17) is 16.3 Å². The lowest BCUT2D eigenvalue weighted by molar-refractivity contribution is 0.136. The monoisotopic (exact) mass is 298 g/mol. The van der Waals surface area contributed by atoms with Crippen LogP contribution in [0.2, 0.25) is 0 Å². The molecule has 1 aliphatic rings. The first-order chi connectivity index (χ1) is 8.52. The molecule has 1 aliphatic heterocycles. The Balaban J connectivity index is 2.55. The van der Waals surface area contributed by atoms with Crippen LogP contribution >= 0.6 is 11.6 Å². The van der Waals surface area contributed by atoms with E-state index in [-0.39, 0.29) is 5.92 Å². The van der Waals surface area contributed by atoms with E-state index in [9.17, 15) is 8.42 Å². The minimum absolute atomic E-state index is 0.274. The van der Waals surface area contributed by atoms with E-state index in [1.165, 1.54) is 8.61 Å². The van der Waals surface area contributed by atoms with E-state index in [2.05, 4.69) is 0 Å². The Kier molecular flexibility index (Phi) is 6.87. The molecular weight excluding hydrogens is 276 g/mol. The highest BCUT2D eigenvalue weighted by atomic mass is 35.5. The summed E-state index contributed by atoms with van der Waals surface area (Å²) in [6, 6.07) is 0. The number of rotatable bonds is 7. The van der Waals surface area contributed by atoms with E-state index >= 15 is 0 Å². The first-order valence-electron chi connectivity index (χ1n) is 6.37. The minimum atomic E-state index is -3.36. The van der Waals surface area contributed by atoms with Crippen LogP contribution in [0.5, 0.6) is 0 Å². The molecular formula is C11H23ClN2O3S. The Hall–Kier alpha value is 0.120. The quantitative estimate of drug-likeness (QED) is 0.523. The standard InChI is InChI=1S/C11H23ClN2O3S/c1-3-17-8-7-13(2)18(15,16)14-6-4-5-11(9-12)10-14/h11H,3-10H2,1-2H3. The van der Waals surface area contributed by atoms with Crippen molar-refractivity contribution >= 4 is 21.8 Å². The van der Waals surface area contributed by atoms with Crippen LogP contribution in [-0.2, 0) is 14.9 Å². The number of hydrogen-bond acceptors (Lipinski definition) is 3. The fourth-order valence-corrected chi connectivity index (χ4v) is 3.72. The smallest absolute Gasteiger partial charge is 0.281 e. The van der Waals surface area contributed by atoms with Gasteiger partial charge in [-0.25, -0.2) is 0 Å². The molecule has 0 aromatic rings. The molecule has 1 rings (SSSR count). The van der Waals surface area contributed by atoms with Crippen LogP contribution in [0.4, 0.5) is 0 Å². The van der Waals surface area contributed by atoms with Crippen LogP contribution in [-0.4, -0.2) is 62.8 Å². The number of ether oxygens (including phenoxy) is 1. The molecule has 0 aliphatic carbocycles. The van der Waals surface area contributed by atoms with E-state index in [1.54, 1.807) is 7.05 Å². The second kappa shape index (κ2) is 7.65. The summed E-state index contributed by atoms with van der Waals surface area (Å²) in [4.78, 5) is 0. The Morgan fingerprint density at radius 3 is 2.83 bits per heavy atom. The molecule has 0 N–H and O–H groups in total. The molecule has 18 heavy (non-hydrogen) atoms. The predicted octanol–water partition coefficient (Wildman–Crippen LogP) is 1.15. The van der Waals surface area contributed by atoms with Crippen molar-refractivity contribution < 1.29 is 13.2 Å². The number of alkyl halides is 1. The van der Waals surface area contributed by atoms with Crippen molar-refractivity contribution in [3.63, 3.8) is 0 Å². The van der Waals surface area contributed by atoms with Gasteiger partial charge in [-0.3, -0.25) is 0 Å². The molecule has 0 saturated carbocycles. The third-order valence-corrected chi connectivity index (χ3v) is 5.57. The van der Waals surface area contributed by atoms with Crippen LogP contribution in [0.1, 0.15) is 19.8 Å². The third-order valence-electron chi connectivity index (χ3n) is 3.17. The summed E-state index contributed by atoms with van der Waals surface area (Å²) in [5, 5.41) is 0. The highest BCUT2D eigenvalue weighted by Crippen LogP contribution is 2.21. The summed E-state index contributed by atoms with van der Waals surface area (Å²) in [6.45, 7) is 4.44. The zero-order valence-electron chi connectivity index (χ0n) is 11.1. The van der Waals surface area contributed by atoms with Gasteiger partial charge in [0.15, 0.2) is 0 Å². The van der Waals surface area contributed by atoms with Gasteiger partial charge in [0, 0.05) is 39.2 Å². The molecule has 1 unspecified atom stereocenters. The van der Waals surface area contributed by atoms with Crippen molar-refractivity contribution in [1.82, 2.24) is 8.61 Å². The lowest BCUT2D eigenvalue weighted by Gasteiger charge is -2.33. The van der Waals surface area contributed by atoms with Crippen molar-refractivity contribution in [3.8, 4) is 0 Å². The summed E-state index contributed by atoms with van der Waals surface area (Å²) >= 11 is 5.82. The zero-order chi connectivity index (χ0) is 13.6. The molecule has 1 saturated heterocycles. The molecule has 1 heterocycles. The van der Waals surface area contributed by atoms with Gasteiger partial charge in [-0.2, -0.15) is 17.0 Å². The second-order valence-corrected chi connectivity index (χ2v) is 6.89. The van der Waals surface area contributed by atoms with Crippen LogP contribution in [0, 0.1) is 5.92 Å². The topological polar surface area (TPSA) is 49.9 Å². The van der Waals surface area contributed by atoms with Gasteiger partial charge >= 0.3 is 0 Å². The minimum Gasteiger partial charge on any atom is -0.380 e. The largest absolute Gasteiger partial charge is 0.380 e. The summed E-state index contributed by atoms with van der Waals surface area (Å²) in [5.41, 5.74) is 0. The van der Waals surface area contributed by atoms with E-state index in [1.807, 2.05) is 6.92 Å². The van der Waals surface area contributed by atoms with E-state index in [0.717, 1.165) is 12.8 Å². The van der Waals surface area contributed by atoms with Crippen molar-refractivity contribution in [2.24, 2.45) is 5.92 Å². The first kappa shape index (κ1) is 16.2.